The number of hydrogen-bond acceptors (Lipinski definition) is 5. The Morgan fingerprint density at radius 1 is 1.10 bits per heavy atom. The Labute approximate surface area is 174 Å². The van der Waals surface area contributed by atoms with Crippen LogP contribution in [-0.4, -0.2) is 34.1 Å². The monoisotopic (exact) mass is 409 g/mol. The van der Waals surface area contributed by atoms with Crippen LogP contribution in [-0.2, 0) is 23.2 Å². The van der Waals surface area contributed by atoms with Crippen molar-refractivity contribution in [3.8, 4) is 0 Å². The van der Waals surface area contributed by atoms with Gasteiger partial charge in [-0.25, -0.2) is 4.79 Å². The molecule has 1 aliphatic heterocycles. The number of nitrogens with one attached hydrogen (secondary N) is 1. The molecule has 0 aliphatic carbocycles. The Morgan fingerprint density at radius 2 is 1.77 bits per heavy atom. The minimum atomic E-state index is -1.40. The van der Waals surface area contributed by atoms with E-state index in [1.165, 1.54) is 31.2 Å². The Balaban J connectivity index is 1.86. The number of non-ortho nitro benzene ring substituents is 1. The fraction of sp³-hybridized carbons (Fsp3) is 0.318. The topological polar surface area (TPSA) is 110 Å². The van der Waals surface area contributed by atoms with Crippen LogP contribution in [0.1, 0.15) is 47.8 Å². The standard InChI is InChI=1S/C22H23N3O5/c1-4-14-6-7-15(5-2)18(12-14)19(26)13-24-20(27)22(3,23-21(24)28)16-8-10-17(11-9-16)25(29)30/h6-12H,4-5,13H2,1-3H3,(H,23,28)/t22-/m1/s1. The van der Waals surface area contributed by atoms with Gasteiger partial charge < -0.3 is 5.32 Å². The van der Waals surface area contributed by atoms with E-state index < -0.39 is 22.4 Å². The lowest BCUT2D eigenvalue weighted by Gasteiger charge is -2.22. The van der Waals surface area contributed by atoms with Crippen LogP contribution in [0.25, 0.3) is 0 Å². The number of hydrogen-bond donors (Lipinski definition) is 1. The van der Waals surface area contributed by atoms with Gasteiger partial charge in [-0.05, 0) is 54.7 Å². The highest BCUT2D eigenvalue weighted by Gasteiger charge is 2.49. The number of amides is 3. The molecule has 1 saturated heterocycles. The van der Waals surface area contributed by atoms with Crippen molar-refractivity contribution in [1.82, 2.24) is 10.2 Å². The van der Waals surface area contributed by atoms with Crippen LogP contribution in [0, 0.1) is 10.1 Å². The molecule has 3 rings (SSSR count). The summed E-state index contributed by atoms with van der Waals surface area (Å²) in [6, 6.07) is 10.4. The third-order valence-electron chi connectivity index (χ3n) is 5.50. The maximum atomic E-state index is 13.1. The summed E-state index contributed by atoms with van der Waals surface area (Å²) in [5.74, 6) is -0.877. The van der Waals surface area contributed by atoms with E-state index in [9.17, 15) is 24.5 Å². The molecule has 0 aromatic heterocycles. The molecule has 1 fully saturated rings. The van der Waals surface area contributed by atoms with Crippen LogP contribution in [0.4, 0.5) is 10.5 Å². The normalized spacial score (nSPS) is 18.4. The molecule has 0 bridgehead atoms. The van der Waals surface area contributed by atoms with Crippen molar-refractivity contribution in [2.45, 2.75) is 39.2 Å². The van der Waals surface area contributed by atoms with E-state index >= 15 is 0 Å². The molecule has 1 heterocycles. The Kier molecular flexibility index (Phi) is 5.69. The molecule has 30 heavy (non-hydrogen) atoms. The molecule has 1 atom stereocenters. The molecule has 8 heteroatoms. The minimum absolute atomic E-state index is 0.117. The van der Waals surface area contributed by atoms with E-state index in [0.717, 1.165) is 22.4 Å². The Hall–Kier alpha value is -3.55. The van der Waals surface area contributed by atoms with E-state index in [2.05, 4.69) is 5.32 Å². The van der Waals surface area contributed by atoms with Crippen LogP contribution in [0.15, 0.2) is 42.5 Å². The summed E-state index contributed by atoms with van der Waals surface area (Å²) < 4.78 is 0. The number of aryl methyl sites for hydroxylation is 2. The first-order chi connectivity index (χ1) is 14.2. The lowest BCUT2D eigenvalue weighted by Crippen LogP contribution is -2.41. The number of nitro groups is 1. The van der Waals surface area contributed by atoms with E-state index in [-0.39, 0.29) is 18.0 Å². The van der Waals surface area contributed by atoms with Crippen molar-refractivity contribution in [3.05, 3.63) is 74.8 Å². The van der Waals surface area contributed by atoms with Crippen LogP contribution in [0.2, 0.25) is 0 Å². The maximum Gasteiger partial charge on any atom is 0.325 e. The lowest BCUT2D eigenvalue weighted by atomic mass is 9.91. The smallest absolute Gasteiger partial charge is 0.319 e. The fourth-order valence-corrected chi connectivity index (χ4v) is 3.59. The molecule has 156 valence electrons. The third-order valence-corrected chi connectivity index (χ3v) is 5.50. The Bertz CT molecular complexity index is 1030. The number of carbonyl (C=O) groups is 3. The summed E-state index contributed by atoms with van der Waals surface area (Å²) in [6.07, 6.45) is 1.43. The number of nitrogens with zero attached hydrogens (tertiary/aromatic N) is 2. The second kappa shape index (κ2) is 8.06. The molecule has 2 aromatic rings. The predicted octanol–water partition coefficient (Wildman–Crippen LogP) is 3.37. The molecule has 1 N–H and O–H groups in total. The first-order valence-electron chi connectivity index (χ1n) is 9.75. The predicted molar refractivity (Wildman–Crippen MR) is 110 cm³/mol. The molecule has 0 saturated carbocycles. The van der Waals surface area contributed by atoms with Gasteiger partial charge >= 0.3 is 6.03 Å². The van der Waals surface area contributed by atoms with E-state index in [0.29, 0.717) is 17.5 Å². The van der Waals surface area contributed by atoms with E-state index in [1.807, 2.05) is 32.0 Å². The van der Waals surface area contributed by atoms with Gasteiger partial charge in [-0.2, -0.15) is 0 Å². The molecule has 0 unspecified atom stereocenters. The van der Waals surface area contributed by atoms with Crippen molar-refractivity contribution in [3.63, 3.8) is 0 Å². The van der Waals surface area contributed by atoms with Crippen LogP contribution in [0.3, 0.4) is 0 Å². The summed E-state index contributed by atoms with van der Waals surface area (Å²) in [6.45, 7) is 5.08. The third kappa shape index (κ3) is 3.68. The van der Waals surface area contributed by atoms with Gasteiger partial charge in [0.1, 0.15) is 5.54 Å². The summed E-state index contributed by atoms with van der Waals surface area (Å²) in [5.41, 5.74) is 1.27. The first kappa shape index (κ1) is 21.2. The zero-order valence-electron chi connectivity index (χ0n) is 17.1. The fourth-order valence-electron chi connectivity index (χ4n) is 3.59. The highest BCUT2D eigenvalue weighted by atomic mass is 16.6. The summed E-state index contributed by atoms with van der Waals surface area (Å²) in [4.78, 5) is 49.8. The zero-order chi connectivity index (χ0) is 22.1. The summed E-state index contributed by atoms with van der Waals surface area (Å²) >= 11 is 0. The van der Waals surface area contributed by atoms with Crippen LogP contribution < -0.4 is 5.32 Å². The lowest BCUT2D eigenvalue weighted by molar-refractivity contribution is -0.384. The van der Waals surface area contributed by atoms with Crippen molar-refractivity contribution in [1.29, 1.82) is 0 Å². The van der Waals surface area contributed by atoms with Gasteiger partial charge in [-0.1, -0.05) is 26.0 Å². The maximum absolute atomic E-state index is 13.1. The van der Waals surface area contributed by atoms with Crippen molar-refractivity contribution in [2.75, 3.05) is 6.54 Å². The highest BCUT2D eigenvalue weighted by molar-refractivity contribution is 6.11. The second-order valence-electron chi connectivity index (χ2n) is 7.37. The number of urea groups is 1. The quantitative estimate of drug-likeness (QED) is 0.326. The van der Waals surface area contributed by atoms with E-state index in [4.69, 9.17) is 0 Å². The summed E-state index contributed by atoms with van der Waals surface area (Å²) in [7, 11) is 0. The largest absolute Gasteiger partial charge is 0.325 e. The van der Waals surface area contributed by atoms with Crippen molar-refractivity contribution in [2.24, 2.45) is 0 Å². The van der Waals surface area contributed by atoms with Gasteiger partial charge in [0.05, 0.1) is 11.5 Å². The van der Waals surface area contributed by atoms with Gasteiger partial charge in [0.15, 0.2) is 5.78 Å². The minimum Gasteiger partial charge on any atom is -0.319 e. The second-order valence-corrected chi connectivity index (χ2v) is 7.37. The molecule has 0 radical (unpaired) electrons. The number of rotatable bonds is 7. The number of Topliss-reactive ketones (excluding diaryl/α,β-unsaturated/α-hetero) is 1. The molecule has 3 amide bonds. The molecule has 1 aliphatic rings. The Morgan fingerprint density at radius 3 is 2.33 bits per heavy atom. The van der Waals surface area contributed by atoms with Crippen LogP contribution >= 0.6 is 0 Å². The number of carbonyl (C=O) groups excluding carboxylic acids is 3. The number of ketones is 1. The van der Waals surface area contributed by atoms with Gasteiger partial charge in [-0.15, -0.1) is 0 Å². The molecular formula is C22H23N3O5. The SMILES string of the molecule is CCc1ccc(CC)c(C(=O)CN2C(=O)N[C@](C)(c3ccc([N+](=O)[O-])cc3)C2=O)c1. The number of benzene rings is 2. The summed E-state index contributed by atoms with van der Waals surface area (Å²) in [5, 5.41) is 13.5. The van der Waals surface area contributed by atoms with Crippen LogP contribution in [0.5, 0.6) is 0 Å². The highest BCUT2D eigenvalue weighted by Crippen LogP contribution is 2.30. The molecular weight excluding hydrogens is 386 g/mol. The first-order valence-corrected chi connectivity index (χ1v) is 9.75. The van der Waals surface area contributed by atoms with Gasteiger partial charge in [-0.3, -0.25) is 24.6 Å². The molecule has 8 nitrogen and oxygen atoms in total. The number of imide groups is 1. The number of nitro benzene ring substituents is 1. The average Bonchev–Trinajstić information content (AvgIpc) is 2.97. The van der Waals surface area contributed by atoms with Gasteiger partial charge in [0.2, 0.25) is 0 Å². The van der Waals surface area contributed by atoms with Crippen molar-refractivity contribution < 1.29 is 19.3 Å². The average molecular weight is 409 g/mol. The molecule has 2 aromatic carbocycles. The van der Waals surface area contributed by atoms with Gasteiger partial charge in [0, 0.05) is 17.7 Å². The van der Waals surface area contributed by atoms with Gasteiger partial charge in [0.25, 0.3) is 11.6 Å². The molecule has 0 spiro atoms. The van der Waals surface area contributed by atoms with E-state index in [1.54, 1.807) is 0 Å². The zero-order valence-corrected chi connectivity index (χ0v) is 17.1. The van der Waals surface area contributed by atoms with Crippen molar-refractivity contribution >= 4 is 23.4 Å².